The first-order chi connectivity index (χ1) is 11.4. The van der Waals surface area contributed by atoms with Crippen LogP contribution in [0.15, 0.2) is 53.0 Å². The van der Waals surface area contributed by atoms with Gasteiger partial charge in [0.1, 0.15) is 6.61 Å². The van der Waals surface area contributed by atoms with Crippen LogP contribution in [0.1, 0.15) is 16.7 Å². The molecule has 3 nitrogen and oxygen atoms in total. The zero-order valence-electron chi connectivity index (χ0n) is 12.6. The monoisotopic (exact) mass is 401 g/mol. The second kappa shape index (κ2) is 8.19. The number of hydrogen-bond donors (Lipinski definition) is 1. The van der Waals surface area contributed by atoms with Gasteiger partial charge in [-0.1, -0.05) is 52.3 Å². The highest BCUT2D eigenvalue weighted by Gasteiger charge is 2.32. The molecule has 0 heterocycles. The molecule has 0 aliphatic rings. The zero-order valence-corrected chi connectivity index (χ0v) is 14.2. The van der Waals surface area contributed by atoms with E-state index in [0.717, 1.165) is 11.6 Å². The molecule has 0 fully saturated rings. The van der Waals surface area contributed by atoms with Crippen LogP contribution in [0.4, 0.5) is 18.0 Å². The predicted molar refractivity (Wildman–Crippen MR) is 87.5 cm³/mol. The summed E-state index contributed by atoms with van der Waals surface area (Å²) < 4.78 is 43.5. The average Bonchev–Trinajstić information content (AvgIpc) is 2.54. The molecule has 1 amide bonds. The minimum atomic E-state index is -4.42. The van der Waals surface area contributed by atoms with Crippen molar-refractivity contribution in [2.24, 2.45) is 0 Å². The van der Waals surface area contributed by atoms with Crippen molar-refractivity contribution in [2.75, 3.05) is 6.54 Å². The van der Waals surface area contributed by atoms with E-state index in [1.807, 2.05) is 30.3 Å². The Bertz CT molecular complexity index is 690. The summed E-state index contributed by atoms with van der Waals surface area (Å²) in [6.07, 6.45) is -4.75. The highest BCUT2D eigenvalue weighted by Crippen LogP contribution is 2.35. The predicted octanol–water partition coefficient (Wildman–Crippen LogP) is 4.94. The third-order valence-electron chi connectivity index (χ3n) is 3.23. The van der Waals surface area contributed by atoms with E-state index in [4.69, 9.17) is 4.74 Å². The molecule has 2 aromatic rings. The molecule has 128 valence electrons. The maximum absolute atomic E-state index is 12.8. The average molecular weight is 402 g/mol. The van der Waals surface area contributed by atoms with Gasteiger partial charge in [-0.25, -0.2) is 4.79 Å². The Balaban J connectivity index is 1.80. The van der Waals surface area contributed by atoms with E-state index in [2.05, 4.69) is 21.2 Å². The van der Waals surface area contributed by atoms with Crippen molar-refractivity contribution in [3.8, 4) is 0 Å². The fourth-order valence-electron chi connectivity index (χ4n) is 2.03. The van der Waals surface area contributed by atoms with Crippen LogP contribution in [0.2, 0.25) is 0 Å². The second-order valence-corrected chi connectivity index (χ2v) is 5.90. The summed E-state index contributed by atoms with van der Waals surface area (Å²) in [6, 6.07) is 13.2. The maximum atomic E-state index is 12.8. The quantitative estimate of drug-likeness (QED) is 0.770. The van der Waals surface area contributed by atoms with Crippen LogP contribution in [0, 0.1) is 0 Å². The lowest BCUT2D eigenvalue weighted by Crippen LogP contribution is -2.26. The Labute approximate surface area is 146 Å². The minimum absolute atomic E-state index is 0.00557. The number of ether oxygens (including phenoxy) is 1. The molecule has 0 aromatic heterocycles. The third kappa shape index (κ3) is 5.56. The summed E-state index contributed by atoms with van der Waals surface area (Å²) in [6.45, 7) is 0.329. The van der Waals surface area contributed by atoms with Gasteiger partial charge in [-0.15, -0.1) is 0 Å². The number of nitrogens with one attached hydrogen (secondary N) is 1. The van der Waals surface area contributed by atoms with Gasteiger partial charge in [-0.2, -0.15) is 13.2 Å². The number of carbonyl (C=O) groups excluding carboxylic acids is 1. The highest BCUT2D eigenvalue weighted by atomic mass is 79.9. The largest absolute Gasteiger partial charge is 0.445 e. The Morgan fingerprint density at radius 1 is 1.08 bits per heavy atom. The summed E-state index contributed by atoms with van der Waals surface area (Å²) in [7, 11) is 0. The third-order valence-corrected chi connectivity index (χ3v) is 3.92. The van der Waals surface area contributed by atoms with Crippen molar-refractivity contribution in [1.29, 1.82) is 0 Å². The van der Waals surface area contributed by atoms with Gasteiger partial charge < -0.3 is 10.1 Å². The van der Waals surface area contributed by atoms with Gasteiger partial charge in [0.05, 0.1) is 5.56 Å². The highest BCUT2D eigenvalue weighted by molar-refractivity contribution is 9.10. The minimum Gasteiger partial charge on any atom is -0.445 e. The number of amides is 1. The van der Waals surface area contributed by atoms with E-state index in [1.54, 1.807) is 6.07 Å². The van der Waals surface area contributed by atoms with Crippen LogP contribution in [-0.2, 0) is 23.9 Å². The lowest BCUT2D eigenvalue weighted by atomic mass is 10.1. The van der Waals surface area contributed by atoms with E-state index in [-0.39, 0.29) is 24.0 Å². The molecular weight excluding hydrogens is 387 g/mol. The number of carbonyl (C=O) groups is 1. The Hall–Kier alpha value is -2.02. The van der Waals surface area contributed by atoms with Crippen molar-refractivity contribution in [2.45, 2.75) is 19.2 Å². The van der Waals surface area contributed by atoms with Crippen molar-refractivity contribution < 1.29 is 22.7 Å². The van der Waals surface area contributed by atoms with Gasteiger partial charge in [0.2, 0.25) is 0 Å². The van der Waals surface area contributed by atoms with Crippen molar-refractivity contribution in [3.05, 3.63) is 69.7 Å². The number of alkyl halides is 3. The van der Waals surface area contributed by atoms with E-state index in [0.29, 0.717) is 5.56 Å². The normalized spacial score (nSPS) is 11.2. The lowest BCUT2D eigenvalue weighted by Gasteiger charge is -2.11. The van der Waals surface area contributed by atoms with E-state index in [1.165, 1.54) is 6.07 Å². The fourth-order valence-corrected chi connectivity index (χ4v) is 2.50. The van der Waals surface area contributed by atoms with Crippen molar-refractivity contribution in [3.63, 3.8) is 0 Å². The SMILES string of the molecule is O=C(NCCc1ccc(Br)c(C(F)(F)F)c1)OCc1ccccc1. The molecule has 0 radical (unpaired) electrons. The van der Waals surface area contributed by atoms with Crippen molar-refractivity contribution in [1.82, 2.24) is 5.32 Å². The molecule has 0 spiro atoms. The smallest absolute Gasteiger partial charge is 0.417 e. The summed E-state index contributed by atoms with van der Waals surface area (Å²) >= 11 is 2.89. The van der Waals surface area contributed by atoms with Crippen LogP contribution in [0.25, 0.3) is 0 Å². The molecule has 2 rings (SSSR count). The molecular formula is C17H15BrF3NO2. The molecule has 24 heavy (non-hydrogen) atoms. The first-order valence-electron chi connectivity index (χ1n) is 7.16. The van der Waals surface area contributed by atoms with E-state index >= 15 is 0 Å². The van der Waals surface area contributed by atoms with Crippen molar-refractivity contribution >= 4 is 22.0 Å². The van der Waals surface area contributed by atoms with Gasteiger partial charge in [0.25, 0.3) is 0 Å². The number of benzene rings is 2. The van der Waals surface area contributed by atoms with Gasteiger partial charge in [-0.05, 0) is 29.7 Å². The molecule has 2 aromatic carbocycles. The molecule has 0 bridgehead atoms. The van der Waals surface area contributed by atoms with E-state index in [9.17, 15) is 18.0 Å². The van der Waals surface area contributed by atoms with Crippen LogP contribution in [0.5, 0.6) is 0 Å². The maximum Gasteiger partial charge on any atom is 0.417 e. The Morgan fingerprint density at radius 2 is 1.79 bits per heavy atom. The first-order valence-corrected chi connectivity index (χ1v) is 7.96. The van der Waals surface area contributed by atoms with Gasteiger partial charge in [0.15, 0.2) is 0 Å². The molecule has 0 atom stereocenters. The van der Waals surface area contributed by atoms with Crippen LogP contribution in [-0.4, -0.2) is 12.6 Å². The second-order valence-electron chi connectivity index (χ2n) is 5.05. The fraction of sp³-hybridized carbons (Fsp3) is 0.235. The van der Waals surface area contributed by atoms with Crippen LogP contribution >= 0.6 is 15.9 Å². The molecule has 0 saturated heterocycles. The Kier molecular flexibility index (Phi) is 6.25. The zero-order chi connectivity index (χ0) is 17.6. The molecule has 1 N–H and O–H groups in total. The molecule has 0 unspecified atom stereocenters. The number of halogens is 4. The lowest BCUT2D eigenvalue weighted by molar-refractivity contribution is -0.138. The first kappa shape index (κ1) is 18.3. The van der Waals surface area contributed by atoms with Crippen LogP contribution in [0.3, 0.4) is 0 Å². The number of hydrogen-bond acceptors (Lipinski definition) is 2. The molecule has 0 aliphatic heterocycles. The summed E-state index contributed by atoms with van der Waals surface area (Å²) in [5.74, 6) is 0. The summed E-state index contributed by atoms with van der Waals surface area (Å²) in [5, 5.41) is 2.52. The van der Waals surface area contributed by atoms with Crippen LogP contribution < -0.4 is 5.32 Å². The summed E-state index contributed by atoms with van der Waals surface area (Å²) in [4.78, 5) is 11.6. The summed E-state index contributed by atoms with van der Waals surface area (Å²) in [5.41, 5.74) is 0.607. The molecule has 7 heteroatoms. The topological polar surface area (TPSA) is 38.3 Å². The van der Waals surface area contributed by atoms with Gasteiger partial charge in [0, 0.05) is 11.0 Å². The molecule has 0 saturated carbocycles. The Morgan fingerprint density at radius 3 is 2.46 bits per heavy atom. The van der Waals surface area contributed by atoms with Gasteiger partial charge >= 0.3 is 12.3 Å². The van der Waals surface area contributed by atoms with Gasteiger partial charge in [-0.3, -0.25) is 0 Å². The van der Waals surface area contributed by atoms with E-state index < -0.39 is 17.8 Å². The number of rotatable bonds is 5. The number of alkyl carbamates (subject to hydrolysis) is 1. The standard InChI is InChI=1S/C17H15BrF3NO2/c18-15-7-6-12(10-14(15)17(19,20)21)8-9-22-16(23)24-11-13-4-2-1-3-5-13/h1-7,10H,8-9,11H2,(H,22,23). The molecule has 0 aliphatic carbocycles.